The molecule has 0 atom stereocenters. The molecule has 0 spiro atoms. The van der Waals surface area contributed by atoms with Gasteiger partial charge in [0.2, 0.25) is 0 Å². The number of nitrogens with one attached hydrogen (secondary N) is 1. The predicted octanol–water partition coefficient (Wildman–Crippen LogP) is 1.84. The zero-order valence-corrected chi connectivity index (χ0v) is 8.98. The van der Waals surface area contributed by atoms with E-state index in [1.165, 1.54) is 0 Å². The molecule has 1 aromatic rings. The second-order valence-electron chi connectivity index (χ2n) is 2.88. The zero-order valence-electron chi connectivity index (χ0n) is 8.22. The number of esters is 1. The van der Waals surface area contributed by atoms with Gasteiger partial charge in [-0.3, -0.25) is 4.79 Å². The number of pyridine rings is 1. The number of methoxy groups -OCH3 is 1. The normalized spacial score (nSPS) is 10.6. The van der Waals surface area contributed by atoms with Crippen LogP contribution in [-0.4, -0.2) is 18.1 Å². The highest BCUT2D eigenvalue weighted by Gasteiger charge is 2.23. The van der Waals surface area contributed by atoms with E-state index in [1.54, 1.807) is 0 Å². The second kappa shape index (κ2) is 5.07. The smallest absolute Gasteiger partial charge is 0.338 e. The SMILES string of the molecule is COC(=O)c1cc(CCl)[nH]c(=O)c1C(F)F. The van der Waals surface area contributed by atoms with Crippen LogP contribution in [-0.2, 0) is 10.6 Å². The fourth-order valence-corrected chi connectivity index (χ4v) is 1.33. The average Bonchev–Trinajstić information content (AvgIpc) is 2.26. The van der Waals surface area contributed by atoms with Gasteiger partial charge in [-0.2, -0.15) is 0 Å². The molecule has 0 saturated carbocycles. The highest BCUT2D eigenvalue weighted by atomic mass is 35.5. The molecule has 7 heteroatoms. The Morgan fingerprint density at radius 2 is 2.25 bits per heavy atom. The number of hydrogen-bond donors (Lipinski definition) is 1. The summed E-state index contributed by atoms with van der Waals surface area (Å²) in [7, 11) is 1.04. The Labute approximate surface area is 94.2 Å². The summed E-state index contributed by atoms with van der Waals surface area (Å²) in [5.41, 5.74) is -2.22. The summed E-state index contributed by atoms with van der Waals surface area (Å²) in [6.45, 7) is 0. The third-order valence-electron chi connectivity index (χ3n) is 1.89. The first-order valence-corrected chi connectivity index (χ1v) is 4.73. The fourth-order valence-electron chi connectivity index (χ4n) is 1.19. The van der Waals surface area contributed by atoms with Crippen LogP contribution < -0.4 is 5.56 Å². The first-order valence-electron chi connectivity index (χ1n) is 4.19. The number of rotatable bonds is 3. The summed E-state index contributed by atoms with van der Waals surface area (Å²) >= 11 is 5.44. The van der Waals surface area contributed by atoms with Gasteiger partial charge in [-0.05, 0) is 6.07 Å². The average molecular weight is 252 g/mol. The molecular weight excluding hydrogens is 244 g/mol. The van der Waals surface area contributed by atoms with Crippen LogP contribution in [0.3, 0.4) is 0 Å². The lowest BCUT2D eigenvalue weighted by molar-refractivity contribution is 0.0588. The first-order chi connectivity index (χ1) is 7.51. The van der Waals surface area contributed by atoms with Gasteiger partial charge in [-0.1, -0.05) is 0 Å². The standard InChI is InChI=1S/C9H8ClF2NO3/c1-16-9(15)5-2-4(3-10)13-8(14)6(5)7(11)12/h2,7H,3H2,1H3,(H,13,14). The van der Waals surface area contributed by atoms with Gasteiger partial charge in [0.05, 0.1) is 24.1 Å². The van der Waals surface area contributed by atoms with E-state index in [0.29, 0.717) is 0 Å². The van der Waals surface area contributed by atoms with Gasteiger partial charge < -0.3 is 9.72 Å². The Balaban J connectivity index is 3.46. The summed E-state index contributed by atoms with van der Waals surface area (Å²) in [5, 5.41) is 0. The number of alkyl halides is 3. The highest BCUT2D eigenvalue weighted by Crippen LogP contribution is 2.20. The number of hydrogen-bond acceptors (Lipinski definition) is 3. The van der Waals surface area contributed by atoms with Crippen molar-refractivity contribution in [1.29, 1.82) is 0 Å². The zero-order chi connectivity index (χ0) is 12.3. The van der Waals surface area contributed by atoms with Crippen molar-refractivity contribution in [2.75, 3.05) is 7.11 Å². The Kier molecular flexibility index (Phi) is 4.00. The Hall–Kier alpha value is -1.43. The number of ether oxygens (including phenoxy) is 1. The molecule has 0 fully saturated rings. The van der Waals surface area contributed by atoms with E-state index in [2.05, 4.69) is 9.72 Å². The Morgan fingerprint density at radius 3 is 2.69 bits per heavy atom. The maximum absolute atomic E-state index is 12.6. The summed E-state index contributed by atoms with van der Waals surface area (Å²) in [4.78, 5) is 24.6. The molecule has 16 heavy (non-hydrogen) atoms. The lowest BCUT2D eigenvalue weighted by Crippen LogP contribution is -2.21. The molecule has 0 bridgehead atoms. The molecule has 0 aromatic carbocycles. The van der Waals surface area contributed by atoms with Crippen molar-refractivity contribution in [1.82, 2.24) is 4.98 Å². The lowest BCUT2D eigenvalue weighted by Gasteiger charge is -2.07. The van der Waals surface area contributed by atoms with Gasteiger partial charge in [0.15, 0.2) is 0 Å². The van der Waals surface area contributed by atoms with Gasteiger partial charge in [-0.25, -0.2) is 13.6 Å². The number of carbonyl (C=O) groups is 1. The Morgan fingerprint density at radius 1 is 1.62 bits per heavy atom. The molecule has 0 aliphatic carbocycles. The molecule has 0 aliphatic rings. The minimum Gasteiger partial charge on any atom is -0.465 e. The van der Waals surface area contributed by atoms with Crippen LogP contribution in [0.2, 0.25) is 0 Å². The summed E-state index contributed by atoms with van der Waals surface area (Å²) in [6.07, 6.45) is -3.05. The number of aromatic amines is 1. The minimum atomic E-state index is -3.05. The highest BCUT2D eigenvalue weighted by molar-refractivity contribution is 6.16. The van der Waals surface area contributed by atoms with Crippen LogP contribution in [0.4, 0.5) is 8.78 Å². The molecule has 1 heterocycles. The van der Waals surface area contributed by atoms with Crippen LogP contribution in [0.1, 0.15) is 28.0 Å². The van der Waals surface area contributed by atoms with Gasteiger partial charge in [0.1, 0.15) is 0 Å². The second-order valence-corrected chi connectivity index (χ2v) is 3.14. The number of halogens is 3. The molecule has 1 aromatic heterocycles. The maximum Gasteiger partial charge on any atom is 0.338 e. The van der Waals surface area contributed by atoms with Gasteiger partial charge in [-0.15, -0.1) is 11.6 Å². The van der Waals surface area contributed by atoms with Crippen LogP contribution in [0, 0.1) is 0 Å². The fraction of sp³-hybridized carbons (Fsp3) is 0.333. The Bertz CT molecular complexity index is 459. The largest absolute Gasteiger partial charge is 0.465 e. The van der Waals surface area contributed by atoms with Crippen molar-refractivity contribution in [3.63, 3.8) is 0 Å². The molecule has 0 aliphatic heterocycles. The summed E-state index contributed by atoms with van der Waals surface area (Å²) in [6, 6.07) is 1.09. The van der Waals surface area contributed by atoms with Crippen molar-refractivity contribution in [3.05, 3.63) is 33.2 Å². The van der Waals surface area contributed by atoms with E-state index in [0.717, 1.165) is 13.2 Å². The van der Waals surface area contributed by atoms with E-state index in [1.807, 2.05) is 0 Å². The number of aromatic nitrogens is 1. The minimum absolute atomic E-state index is 0.0945. The van der Waals surface area contributed by atoms with E-state index in [9.17, 15) is 18.4 Å². The van der Waals surface area contributed by atoms with Crippen molar-refractivity contribution >= 4 is 17.6 Å². The van der Waals surface area contributed by atoms with E-state index >= 15 is 0 Å². The molecule has 1 rings (SSSR count). The van der Waals surface area contributed by atoms with Gasteiger partial charge >= 0.3 is 5.97 Å². The molecule has 0 radical (unpaired) electrons. The molecule has 0 saturated heterocycles. The number of H-pyrrole nitrogens is 1. The van der Waals surface area contributed by atoms with E-state index < -0.39 is 29.1 Å². The predicted molar refractivity (Wildman–Crippen MR) is 52.9 cm³/mol. The van der Waals surface area contributed by atoms with Crippen LogP contribution in [0.15, 0.2) is 10.9 Å². The van der Waals surface area contributed by atoms with Crippen molar-refractivity contribution < 1.29 is 18.3 Å². The summed E-state index contributed by atoms with van der Waals surface area (Å²) < 4.78 is 29.4. The van der Waals surface area contributed by atoms with Crippen molar-refractivity contribution in [2.45, 2.75) is 12.3 Å². The van der Waals surface area contributed by atoms with Crippen LogP contribution >= 0.6 is 11.6 Å². The third-order valence-corrected chi connectivity index (χ3v) is 2.18. The van der Waals surface area contributed by atoms with Crippen LogP contribution in [0.25, 0.3) is 0 Å². The lowest BCUT2D eigenvalue weighted by atomic mass is 10.1. The molecule has 0 unspecified atom stereocenters. The van der Waals surface area contributed by atoms with Gasteiger partial charge in [0.25, 0.3) is 12.0 Å². The quantitative estimate of drug-likeness (QED) is 0.659. The van der Waals surface area contributed by atoms with E-state index in [4.69, 9.17) is 11.6 Å². The number of carbonyl (C=O) groups excluding carboxylic acids is 1. The topological polar surface area (TPSA) is 59.2 Å². The van der Waals surface area contributed by atoms with E-state index in [-0.39, 0.29) is 11.6 Å². The first kappa shape index (κ1) is 12.6. The van der Waals surface area contributed by atoms with Crippen molar-refractivity contribution in [2.24, 2.45) is 0 Å². The third kappa shape index (κ3) is 2.38. The molecule has 1 N–H and O–H groups in total. The monoisotopic (exact) mass is 251 g/mol. The van der Waals surface area contributed by atoms with Crippen LogP contribution in [0.5, 0.6) is 0 Å². The molecule has 4 nitrogen and oxygen atoms in total. The molecule has 0 amide bonds. The maximum atomic E-state index is 12.6. The summed E-state index contributed by atoms with van der Waals surface area (Å²) in [5.74, 6) is -1.09. The molecular formula is C9H8ClF2NO3. The molecule has 88 valence electrons. The van der Waals surface area contributed by atoms with Gasteiger partial charge in [0, 0.05) is 5.69 Å². The van der Waals surface area contributed by atoms with Crippen molar-refractivity contribution in [3.8, 4) is 0 Å².